The Hall–Kier alpha value is -2.43. The molecule has 9 heteroatoms. The van der Waals surface area contributed by atoms with Gasteiger partial charge in [0.05, 0.1) is 11.1 Å². The molecule has 0 saturated carbocycles. The van der Waals surface area contributed by atoms with Crippen LogP contribution in [0.15, 0.2) is 48.5 Å². The third-order valence-electron chi connectivity index (χ3n) is 3.79. The molecule has 2 aromatic carbocycles. The van der Waals surface area contributed by atoms with Crippen molar-refractivity contribution >= 4 is 46.0 Å². The molecule has 0 unspecified atom stereocenters. The molecule has 0 aliphatic carbocycles. The number of amides is 3. The van der Waals surface area contributed by atoms with Crippen LogP contribution in [-0.2, 0) is 4.79 Å². The minimum atomic E-state index is -5.15. The van der Waals surface area contributed by atoms with Crippen LogP contribution in [0.4, 0.5) is 18.9 Å². The van der Waals surface area contributed by atoms with Crippen LogP contribution in [0.3, 0.4) is 0 Å². The van der Waals surface area contributed by atoms with E-state index in [4.69, 9.17) is 0 Å². The highest BCUT2D eigenvalue weighted by Crippen LogP contribution is 2.28. The molecular formula is C17H10F3IN2O3. The molecule has 0 spiro atoms. The molecule has 2 aromatic rings. The van der Waals surface area contributed by atoms with E-state index in [0.29, 0.717) is 9.80 Å². The Labute approximate surface area is 159 Å². The van der Waals surface area contributed by atoms with Crippen molar-refractivity contribution in [1.82, 2.24) is 4.90 Å². The molecule has 0 N–H and O–H groups in total. The summed E-state index contributed by atoms with van der Waals surface area (Å²) in [5.41, 5.74) is 0.128. The highest BCUT2D eigenvalue weighted by Gasteiger charge is 2.45. The van der Waals surface area contributed by atoms with Crippen LogP contribution in [0.5, 0.6) is 0 Å². The maximum Gasteiger partial charge on any atom is 0.471 e. The first kappa shape index (κ1) is 18.4. The molecule has 26 heavy (non-hydrogen) atoms. The summed E-state index contributed by atoms with van der Waals surface area (Å²) in [6, 6.07) is 11.6. The zero-order valence-electron chi connectivity index (χ0n) is 13.0. The van der Waals surface area contributed by atoms with Gasteiger partial charge in [0, 0.05) is 9.26 Å². The molecule has 0 atom stereocenters. The number of fused-ring (bicyclic) bond motifs is 1. The van der Waals surface area contributed by atoms with E-state index in [1.807, 2.05) is 22.6 Å². The van der Waals surface area contributed by atoms with Gasteiger partial charge in [-0.1, -0.05) is 12.1 Å². The number of alkyl halides is 3. The van der Waals surface area contributed by atoms with Gasteiger partial charge >= 0.3 is 12.1 Å². The molecule has 3 rings (SSSR count). The van der Waals surface area contributed by atoms with Crippen LogP contribution >= 0.6 is 22.6 Å². The maximum atomic E-state index is 13.0. The van der Waals surface area contributed by atoms with E-state index in [1.165, 1.54) is 36.4 Å². The first-order valence-corrected chi connectivity index (χ1v) is 8.37. The Bertz CT molecular complexity index is 862. The Morgan fingerprint density at radius 2 is 1.46 bits per heavy atom. The first-order valence-electron chi connectivity index (χ1n) is 7.29. The standard InChI is InChI=1S/C17H10F3IN2O3/c18-17(19,20)16(26)22(11-7-5-10(21)6-8-11)9-23-14(24)12-3-1-2-4-13(12)15(23)25/h1-8H,9H2. The lowest BCUT2D eigenvalue weighted by Crippen LogP contribution is -2.49. The quantitative estimate of drug-likeness (QED) is 0.506. The minimum absolute atomic E-state index is 0.0655. The molecule has 0 saturated heterocycles. The van der Waals surface area contributed by atoms with Gasteiger partial charge in [-0.15, -0.1) is 0 Å². The number of benzene rings is 2. The van der Waals surface area contributed by atoms with E-state index in [-0.39, 0.29) is 16.8 Å². The Balaban J connectivity index is 1.97. The average molecular weight is 474 g/mol. The van der Waals surface area contributed by atoms with Crippen molar-refractivity contribution in [2.24, 2.45) is 0 Å². The summed E-state index contributed by atoms with van der Waals surface area (Å²) in [6.45, 7) is -0.828. The summed E-state index contributed by atoms with van der Waals surface area (Å²) >= 11 is 1.97. The van der Waals surface area contributed by atoms with Crippen molar-refractivity contribution < 1.29 is 27.6 Å². The van der Waals surface area contributed by atoms with Gasteiger partial charge in [0.25, 0.3) is 11.8 Å². The Morgan fingerprint density at radius 3 is 1.92 bits per heavy atom. The largest absolute Gasteiger partial charge is 0.471 e. The summed E-state index contributed by atoms with van der Waals surface area (Å²) in [4.78, 5) is 37.6. The zero-order chi connectivity index (χ0) is 19.1. The summed E-state index contributed by atoms with van der Waals surface area (Å²) < 4.78 is 39.8. The topological polar surface area (TPSA) is 57.7 Å². The fraction of sp³-hybridized carbons (Fsp3) is 0.118. The van der Waals surface area contributed by atoms with Crippen LogP contribution < -0.4 is 4.90 Å². The Morgan fingerprint density at radius 1 is 0.962 bits per heavy atom. The number of carbonyl (C=O) groups is 3. The number of hydrogen-bond acceptors (Lipinski definition) is 3. The average Bonchev–Trinajstić information content (AvgIpc) is 2.84. The van der Waals surface area contributed by atoms with Crippen molar-refractivity contribution in [3.63, 3.8) is 0 Å². The number of rotatable bonds is 3. The molecule has 1 heterocycles. The lowest BCUT2D eigenvalue weighted by molar-refractivity contribution is -0.170. The van der Waals surface area contributed by atoms with Gasteiger partial charge in [0.15, 0.2) is 0 Å². The van der Waals surface area contributed by atoms with Gasteiger partial charge in [-0.25, -0.2) is 0 Å². The molecule has 0 bridgehead atoms. The lowest BCUT2D eigenvalue weighted by atomic mass is 10.1. The van der Waals surface area contributed by atoms with E-state index in [2.05, 4.69) is 0 Å². The molecule has 134 valence electrons. The van der Waals surface area contributed by atoms with Crippen LogP contribution in [-0.4, -0.2) is 35.5 Å². The molecule has 0 radical (unpaired) electrons. The third kappa shape index (κ3) is 3.30. The molecule has 0 fully saturated rings. The molecule has 3 amide bonds. The number of halogens is 4. The van der Waals surface area contributed by atoms with Gasteiger partial charge in [-0.2, -0.15) is 13.2 Å². The van der Waals surface area contributed by atoms with Gasteiger partial charge in [-0.3, -0.25) is 24.2 Å². The number of hydrogen-bond donors (Lipinski definition) is 0. The summed E-state index contributed by atoms with van der Waals surface area (Å²) in [6.07, 6.45) is -5.15. The molecule has 1 aliphatic rings. The van der Waals surface area contributed by atoms with Crippen molar-refractivity contribution in [3.8, 4) is 0 Å². The summed E-state index contributed by atoms with van der Waals surface area (Å²) in [5.74, 6) is -3.64. The molecular weight excluding hydrogens is 464 g/mol. The van der Waals surface area contributed by atoms with Gasteiger partial charge in [0.2, 0.25) is 0 Å². The van der Waals surface area contributed by atoms with Gasteiger partial charge < -0.3 is 0 Å². The summed E-state index contributed by atoms with van der Waals surface area (Å²) in [7, 11) is 0. The van der Waals surface area contributed by atoms with Crippen LogP contribution in [0, 0.1) is 3.57 Å². The maximum absolute atomic E-state index is 13.0. The van der Waals surface area contributed by atoms with E-state index in [0.717, 1.165) is 3.57 Å². The molecule has 1 aliphatic heterocycles. The monoisotopic (exact) mass is 474 g/mol. The van der Waals surface area contributed by atoms with E-state index >= 15 is 0 Å². The van der Waals surface area contributed by atoms with Crippen LogP contribution in [0.1, 0.15) is 20.7 Å². The first-order chi connectivity index (χ1) is 12.2. The molecule has 5 nitrogen and oxygen atoms in total. The Kier molecular flexibility index (Phi) is 4.74. The van der Waals surface area contributed by atoms with Crippen molar-refractivity contribution in [3.05, 3.63) is 63.2 Å². The van der Waals surface area contributed by atoms with E-state index in [9.17, 15) is 27.6 Å². The fourth-order valence-electron chi connectivity index (χ4n) is 2.55. The van der Waals surface area contributed by atoms with Crippen molar-refractivity contribution in [2.75, 3.05) is 11.6 Å². The molecule has 0 aromatic heterocycles. The van der Waals surface area contributed by atoms with Gasteiger partial charge in [0.1, 0.15) is 6.67 Å². The minimum Gasteiger partial charge on any atom is -0.286 e. The second-order valence-electron chi connectivity index (χ2n) is 5.43. The smallest absolute Gasteiger partial charge is 0.286 e. The number of imide groups is 1. The highest BCUT2D eigenvalue weighted by molar-refractivity contribution is 14.1. The summed E-state index contributed by atoms with van der Waals surface area (Å²) in [5, 5.41) is 0. The predicted octanol–water partition coefficient (Wildman–Crippen LogP) is 3.44. The fourth-order valence-corrected chi connectivity index (χ4v) is 2.91. The van der Waals surface area contributed by atoms with Crippen molar-refractivity contribution in [1.29, 1.82) is 0 Å². The predicted molar refractivity (Wildman–Crippen MR) is 94.5 cm³/mol. The van der Waals surface area contributed by atoms with E-state index in [1.54, 1.807) is 12.1 Å². The number of nitrogens with zero attached hydrogens (tertiary/aromatic N) is 2. The van der Waals surface area contributed by atoms with Crippen molar-refractivity contribution in [2.45, 2.75) is 6.18 Å². The van der Waals surface area contributed by atoms with Crippen LogP contribution in [0.25, 0.3) is 0 Å². The zero-order valence-corrected chi connectivity index (χ0v) is 15.1. The third-order valence-corrected chi connectivity index (χ3v) is 4.51. The SMILES string of the molecule is O=C1c2ccccc2C(=O)N1CN(C(=O)C(F)(F)F)c1ccc(I)cc1. The number of carbonyl (C=O) groups excluding carboxylic acids is 3. The normalized spacial score (nSPS) is 13.8. The lowest BCUT2D eigenvalue weighted by Gasteiger charge is -2.27. The van der Waals surface area contributed by atoms with E-state index < -0.39 is 30.6 Å². The second-order valence-corrected chi connectivity index (χ2v) is 6.68. The second kappa shape index (κ2) is 6.71. The van der Waals surface area contributed by atoms with Gasteiger partial charge in [-0.05, 0) is 59.0 Å². The van der Waals surface area contributed by atoms with Crippen LogP contribution in [0.2, 0.25) is 0 Å². The number of anilines is 1. The highest BCUT2D eigenvalue weighted by atomic mass is 127.